The number of nitrogens with one attached hydrogen (secondary N) is 2. The lowest BCUT2D eigenvalue weighted by Gasteiger charge is -2.15. The molecule has 1 aliphatic rings. The summed E-state index contributed by atoms with van der Waals surface area (Å²) in [4.78, 5) is 11.8. The number of ether oxygens (including phenoxy) is 1. The molecule has 0 bridgehead atoms. The minimum atomic E-state index is 0.00754. The second-order valence-electron chi connectivity index (χ2n) is 4.61. The van der Waals surface area contributed by atoms with Crippen LogP contribution in [0.15, 0.2) is 0 Å². The molecule has 1 amide bonds. The minimum Gasteiger partial charge on any atom is -0.380 e. The second kappa shape index (κ2) is 9.42. The zero-order valence-electron chi connectivity index (χ0n) is 11.0. The summed E-state index contributed by atoms with van der Waals surface area (Å²) >= 11 is 0. The van der Waals surface area contributed by atoms with E-state index in [1.54, 1.807) is 0 Å². The number of unbranched alkanes of at least 4 members (excludes halogenated alkanes) is 1. The van der Waals surface area contributed by atoms with Crippen molar-refractivity contribution < 1.29 is 9.53 Å². The van der Waals surface area contributed by atoms with Crippen LogP contribution in [0.4, 0.5) is 0 Å². The molecule has 4 heteroatoms. The first-order valence-corrected chi connectivity index (χ1v) is 6.93. The summed E-state index contributed by atoms with van der Waals surface area (Å²) in [6.07, 6.45) is 6.78. The lowest BCUT2D eigenvalue weighted by Crippen LogP contribution is -2.44. The van der Waals surface area contributed by atoms with Crippen molar-refractivity contribution in [3.8, 4) is 0 Å². The highest BCUT2D eigenvalue weighted by atomic mass is 16.5. The first-order valence-electron chi connectivity index (χ1n) is 6.93. The van der Waals surface area contributed by atoms with Gasteiger partial charge in [-0.1, -0.05) is 26.2 Å². The normalized spacial score (nSPS) is 20.9. The van der Waals surface area contributed by atoms with E-state index in [1.165, 1.54) is 12.8 Å². The van der Waals surface area contributed by atoms with Gasteiger partial charge in [0, 0.05) is 13.2 Å². The molecule has 2 N–H and O–H groups in total. The molecule has 17 heavy (non-hydrogen) atoms. The van der Waals surface area contributed by atoms with Crippen molar-refractivity contribution in [2.75, 3.05) is 26.3 Å². The van der Waals surface area contributed by atoms with Gasteiger partial charge in [-0.2, -0.15) is 0 Å². The molecule has 0 aliphatic carbocycles. The average molecular weight is 242 g/mol. The molecule has 1 unspecified atom stereocenters. The van der Waals surface area contributed by atoms with Gasteiger partial charge < -0.3 is 15.4 Å². The van der Waals surface area contributed by atoms with Crippen LogP contribution in [0.3, 0.4) is 0 Å². The molecule has 1 saturated heterocycles. The predicted octanol–water partition coefficient (Wildman–Crippen LogP) is 1.45. The molecule has 0 saturated carbocycles. The SMILES string of the molecule is CCCCOCCNC(=O)C1CCCCCN1. The molecule has 0 radical (unpaired) electrons. The smallest absolute Gasteiger partial charge is 0.237 e. The van der Waals surface area contributed by atoms with Gasteiger partial charge in [0.05, 0.1) is 12.6 Å². The highest BCUT2D eigenvalue weighted by molar-refractivity contribution is 5.81. The van der Waals surface area contributed by atoms with Gasteiger partial charge in [0.1, 0.15) is 0 Å². The molecule has 1 aliphatic heterocycles. The average Bonchev–Trinajstić information content (AvgIpc) is 2.62. The maximum absolute atomic E-state index is 11.8. The van der Waals surface area contributed by atoms with Gasteiger partial charge in [-0.05, 0) is 25.8 Å². The fraction of sp³-hybridized carbons (Fsp3) is 0.923. The maximum Gasteiger partial charge on any atom is 0.237 e. The van der Waals surface area contributed by atoms with E-state index in [9.17, 15) is 4.79 Å². The Bertz CT molecular complexity index is 202. The van der Waals surface area contributed by atoms with E-state index in [0.29, 0.717) is 13.2 Å². The Morgan fingerprint density at radius 2 is 2.24 bits per heavy atom. The summed E-state index contributed by atoms with van der Waals surface area (Å²) in [7, 11) is 0. The number of rotatable bonds is 7. The Morgan fingerprint density at radius 3 is 3.06 bits per heavy atom. The van der Waals surface area contributed by atoms with Gasteiger partial charge in [-0.15, -0.1) is 0 Å². The first kappa shape index (κ1) is 14.5. The van der Waals surface area contributed by atoms with Crippen LogP contribution < -0.4 is 10.6 Å². The summed E-state index contributed by atoms with van der Waals surface area (Å²) < 4.78 is 5.40. The van der Waals surface area contributed by atoms with Crippen LogP contribution in [-0.2, 0) is 9.53 Å². The van der Waals surface area contributed by atoms with Crippen molar-refractivity contribution >= 4 is 5.91 Å². The zero-order chi connectivity index (χ0) is 12.3. The van der Waals surface area contributed by atoms with Gasteiger partial charge in [0.25, 0.3) is 0 Å². The third-order valence-corrected chi connectivity index (χ3v) is 3.06. The molecule has 4 nitrogen and oxygen atoms in total. The second-order valence-corrected chi connectivity index (χ2v) is 4.61. The fourth-order valence-corrected chi connectivity index (χ4v) is 1.97. The molecule has 0 aromatic carbocycles. The van der Waals surface area contributed by atoms with Crippen LogP contribution in [0.1, 0.15) is 45.4 Å². The van der Waals surface area contributed by atoms with E-state index in [4.69, 9.17) is 4.74 Å². The Hall–Kier alpha value is -0.610. The van der Waals surface area contributed by atoms with Crippen molar-refractivity contribution in [1.29, 1.82) is 0 Å². The quantitative estimate of drug-likeness (QED) is 0.664. The monoisotopic (exact) mass is 242 g/mol. The molecule has 1 atom stereocenters. The molecule has 0 aromatic rings. The summed E-state index contributed by atoms with van der Waals surface area (Å²) in [5.74, 6) is 0.131. The summed E-state index contributed by atoms with van der Waals surface area (Å²) in [6, 6.07) is 0.00754. The molecule has 1 heterocycles. The lowest BCUT2D eigenvalue weighted by molar-refractivity contribution is -0.123. The molecular formula is C13H26N2O2. The van der Waals surface area contributed by atoms with E-state index in [0.717, 1.165) is 38.8 Å². The number of carbonyl (C=O) groups excluding carboxylic acids is 1. The van der Waals surface area contributed by atoms with Crippen LogP contribution >= 0.6 is 0 Å². The third-order valence-electron chi connectivity index (χ3n) is 3.06. The van der Waals surface area contributed by atoms with Crippen molar-refractivity contribution in [3.63, 3.8) is 0 Å². The highest BCUT2D eigenvalue weighted by Gasteiger charge is 2.18. The Morgan fingerprint density at radius 1 is 1.35 bits per heavy atom. The van der Waals surface area contributed by atoms with E-state index in [2.05, 4.69) is 17.6 Å². The number of hydrogen-bond donors (Lipinski definition) is 2. The molecule has 1 rings (SSSR count). The number of amides is 1. The van der Waals surface area contributed by atoms with Crippen LogP contribution in [0.5, 0.6) is 0 Å². The van der Waals surface area contributed by atoms with Crippen LogP contribution in [-0.4, -0.2) is 38.3 Å². The third kappa shape index (κ3) is 6.64. The first-order chi connectivity index (χ1) is 8.34. The predicted molar refractivity (Wildman–Crippen MR) is 69.0 cm³/mol. The van der Waals surface area contributed by atoms with Gasteiger partial charge in [-0.3, -0.25) is 4.79 Å². The van der Waals surface area contributed by atoms with Crippen LogP contribution in [0.25, 0.3) is 0 Å². The topological polar surface area (TPSA) is 50.4 Å². The Balaban J connectivity index is 2.03. The van der Waals surface area contributed by atoms with Crippen molar-refractivity contribution in [2.24, 2.45) is 0 Å². The molecule has 0 aromatic heterocycles. The summed E-state index contributed by atoms with van der Waals surface area (Å²) in [5, 5.41) is 6.22. The van der Waals surface area contributed by atoms with Gasteiger partial charge >= 0.3 is 0 Å². The Labute approximate surface area is 104 Å². The van der Waals surface area contributed by atoms with Crippen LogP contribution in [0.2, 0.25) is 0 Å². The molecule has 100 valence electrons. The maximum atomic E-state index is 11.8. The van der Waals surface area contributed by atoms with Crippen molar-refractivity contribution in [3.05, 3.63) is 0 Å². The lowest BCUT2D eigenvalue weighted by atomic mass is 10.1. The minimum absolute atomic E-state index is 0.00754. The van der Waals surface area contributed by atoms with E-state index in [-0.39, 0.29) is 11.9 Å². The standard InChI is InChI=1S/C13H26N2O2/c1-2-3-10-17-11-9-15-13(16)12-7-5-4-6-8-14-12/h12,14H,2-11H2,1H3,(H,15,16). The van der Waals surface area contributed by atoms with E-state index in [1.807, 2.05) is 0 Å². The van der Waals surface area contributed by atoms with Crippen LogP contribution in [0, 0.1) is 0 Å². The molecule has 1 fully saturated rings. The summed E-state index contributed by atoms with van der Waals surface area (Å²) in [6.45, 7) is 5.15. The zero-order valence-corrected chi connectivity index (χ0v) is 11.0. The molecule has 0 spiro atoms. The van der Waals surface area contributed by atoms with E-state index >= 15 is 0 Å². The largest absolute Gasteiger partial charge is 0.380 e. The number of hydrogen-bond acceptors (Lipinski definition) is 3. The Kier molecular flexibility index (Phi) is 8.01. The van der Waals surface area contributed by atoms with Gasteiger partial charge in [0.15, 0.2) is 0 Å². The van der Waals surface area contributed by atoms with Crippen molar-refractivity contribution in [2.45, 2.75) is 51.5 Å². The number of carbonyl (C=O) groups is 1. The fourth-order valence-electron chi connectivity index (χ4n) is 1.97. The van der Waals surface area contributed by atoms with Gasteiger partial charge in [0.2, 0.25) is 5.91 Å². The molecular weight excluding hydrogens is 216 g/mol. The van der Waals surface area contributed by atoms with Crippen molar-refractivity contribution in [1.82, 2.24) is 10.6 Å². The summed E-state index contributed by atoms with van der Waals surface area (Å²) in [5.41, 5.74) is 0. The highest BCUT2D eigenvalue weighted by Crippen LogP contribution is 2.08. The van der Waals surface area contributed by atoms with E-state index < -0.39 is 0 Å². The van der Waals surface area contributed by atoms with Gasteiger partial charge in [-0.25, -0.2) is 0 Å².